The smallest absolute Gasteiger partial charge is 0.225 e. The number of nitrogens with two attached hydrogens (primary N) is 1. The highest BCUT2D eigenvalue weighted by Crippen LogP contribution is 2.19. The van der Waals surface area contributed by atoms with Gasteiger partial charge in [-0.05, 0) is 18.9 Å². The maximum absolute atomic E-state index is 12.3. The number of ether oxygens (including phenoxy) is 2. The largest absolute Gasteiger partial charge is 0.379 e. The third kappa shape index (κ3) is 4.80. The van der Waals surface area contributed by atoms with E-state index in [1.807, 2.05) is 44.2 Å². The van der Waals surface area contributed by atoms with Gasteiger partial charge in [0.2, 0.25) is 5.91 Å². The molecule has 1 aliphatic rings. The normalized spacial score (nSPS) is 22.0. The molecule has 1 heterocycles. The van der Waals surface area contributed by atoms with Gasteiger partial charge in [-0.1, -0.05) is 37.3 Å². The lowest BCUT2D eigenvalue weighted by Gasteiger charge is -2.23. The highest BCUT2D eigenvalue weighted by molar-refractivity contribution is 5.79. The summed E-state index contributed by atoms with van der Waals surface area (Å²) in [6, 6.07) is 9.34. The number of hydrogen-bond acceptors (Lipinski definition) is 4. The van der Waals surface area contributed by atoms with Crippen LogP contribution in [-0.4, -0.2) is 37.9 Å². The second kappa shape index (κ2) is 8.27. The number of amides is 1. The molecule has 22 heavy (non-hydrogen) atoms. The maximum atomic E-state index is 12.3. The van der Waals surface area contributed by atoms with Gasteiger partial charge in [0.15, 0.2) is 0 Å². The van der Waals surface area contributed by atoms with Crippen LogP contribution in [0.1, 0.15) is 31.9 Å². The first kappa shape index (κ1) is 16.9. The molecule has 2 rings (SSSR count). The van der Waals surface area contributed by atoms with Gasteiger partial charge in [0.1, 0.15) is 0 Å². The van der Waals surface area contributed by atoms with Crippen molar-refractivity contribution in [2.75, 3.05) is 19.8 Å². The van der Waals surface area contributed by atoms with Crippen LogP contribution in [0.5, 0.6) is 0 Å². The Kier molecular flexibility index (Phi) is 6.36. The van der Waals surface area contributed by atoms with Crippen LogP contribution >= 0.6 is 0 Å². The summed E-state index contributed by atoms with van der Waals surface area (Å²) in [6.45, 7) is 5.69. The molecular formula is C17H26N2O3. The zero-order valence-electron chi connectivity index (χ0n) is 13.3. The van der Waals surface area contributed by atoms with Crippen molar-refractivity contribution in [2.45, 2.75) is 38.5 Å². The van der Waals surface area contributed by atoms with Crippen LogP contribution in [0.15, 0.2) is 30.3 Å². The Bertz CT molecular complexity index is 460. The van der Waals surface area contributed by atoms with Crippen molar-refractivity contribution in [2.24, 2.45) is 11.7 Å². The number of carbonyl (C=O) groups excluding carboxylic acids is 1. The van der Waals surface area contributed by atoms with E-state index >= 15 is 0 Å². The summed E-state index contributed by atoms with van der Waals surface area (Å²) in [4.78, 5) is 12.3. The first-order chi connectivity index (χ1) is 10.6. The molecule has 0 bridgehead atoms. The van der Waals surface area contributed by atoms with Crippen LogP contribution in [-0.2, 0) is 14.3 Å². The molecule has 1 aromatic rings. The summed E-state index contributed by atoms with van der Waals surface area (Å²) in [7, 11) is 0. The van der Waals surface area contributed by atoms with E-state index in [-0.39, 0.29) is 30.0 Å². The molecule has 1 fully saturated rings. The number of benzene rings is 1. The van der Waals surface area contributed by atoms with Crippen LogP contribution in [0.3, 0.4) is 0 Å². The van der Waals surface area contributed by atoms with E-state index in [9.17, 15) is 4.79 Å². The third-order valence-electron chi connectivity index (χ3n) is 4.00. The van der Waals surface area contributed by atoms with Crippen molar-refractivity contribution in [3.8, 4) is 0 Å². The number of carbonyl (C=O) groups is 1. The monoisotopic (exact) mass is 306 g/mol. The summed E-state index contributed by atoms with van der Waals surface area (Å²) in [6.07, 6.45) is 1.08. The molecule has 0 spiro atoms. The van der Waals surface area contributed by atoms with Gasteiger partial charge in [-0.3, -0.25) is 4.79 Å². The Morgan fingerprint density at radius 3 is 2.77 bits per heavy atom. The number of rotatable bonds is 7. The van der Waals surface area contributed by atoms with Crippen LogP contribution in [0, 0.1) is 5.92 Å². The van der Waals surface area contributed by atoms with Gasteiger partial charge in [-0.25, -0.2) is 0 Å². The van der Waals surface area contributed by atoms with Crippen LogP contribution in [0.4, 0.5) is 0 Å². The second-order valence-corrected chi connectivity index (χ2v) is 5.95. The molecule has 0 saturated carbocycles. The molecule has 3 N–H and O–H groups in total. The zero-order chi connectivity index (χ0) is 15.9. The van der Waals surface area contributed by atoms with Crippen LogP contribution in [0.25, 0.3) is 0 Å². The quantitative estimate of drug-likeness (QED) is 0.803. The highest BCUT2D eigenvalue weighted by atomic mass is 16.5. The summed E-state index contributed by atoms with van der Waals surface area (Å²) >= 11 is 0. The minimum absolute atomic E-state index is 0.0430. The summed E-state index contributed by atoms with van der Waals surface area (Å²) in [5.41, 5.74) is 7.15. The molecule has 0 radical (unpaired) electrons. The molecule has 5 heteroatoms. The zero-order valence-corrected chi connectivity index (χ0v) is 13.3. The molecule has 4 atom stereocenters. The third-order valence-corrected chi connectivity index (χ3v) is 4.00. The molecule has 1 aliphatic heterocycles. The van der Waals surface area contributed by atoms with E-state index in [0.29, 0.717) is 13.2 Å². The first-order valence-corrected chi connectivity index (χ1v) is 7.88. The van der Waals surface area contributed by atoms with Crippen LogP contribution in [0.2, 0.25) is 0 Å². The highest BCUT2D eigenvalue weighted by Gasteiger charge is 2.24. The van der Waals surface area contributed by atoms with E-state index in [2.05, 4.69) is 5.32 Å². The average Bonchev–Trinajstić information content (AvgIpc) is 3.05. The fraction of sp³-hybridized carbons (Fsp3) is 0.588. The molecule has 5 nitrogen and oxygen atoms in total. The lowest BCUT2D eigenvalue weighted by atomic mass is 9.94. The van der Waals surface area contributed by atoms with Gasteiger partial charge >= 0.3 is 0 Å². The summed E-state index contributed by atoms with van der Waals surface area (Å²) in [5, 5.41) is 2.97. The van der Waals surface area contributed by atoms with Crippen molar-refractivity contribution in [1.29, 1.82) is 0 Å². The minimum Gasteiger partial charge on any atom is -0.379 e. The maximum Gasteiger partial charge on any atom is 0.225 e. The van der Waals surface area contributed by atoms with Gasteiger partial charge in [-0.15, -0.1) is 0 Å². The molecular weight excluding hydrogens is 280 g/mol. The molecule has 0 aromatic heterocycles. The van der Waals surface area contributed by atoms with Gasteiger partial charge in [-0.2, -0.15) is 0 Å². The van der Waals surface area contributed by atoms with Crippen molar-refractivity contribution >= 4 is 5.91 Å². The lowest BCUT2D eigenvalue weighted by molar-refractivity contribution is -0.126. The Balaban J connectivity index is 1.77. The van der Waals surface area contributed by atoms with Gasteiger partial charge < -0.3 is 20.5 Å². The fourth-order valence-electron chi connectivity index (χ4n) is 2.47. The molecule has 4 unspecified atom stereocenters. The summed E-state index contributed by atoms with van der Waals surface area (Å²) < 4.78 is 11.0. The van der Waals surface area contributed by atoms with E-state index in [0.717, 1.165) is 18.6 Å². The Morgan fingerprint density at radius 2 is 2.14 bits per heavy atom. The topological polar surface area (TPSA) is 73.6 Å². The van der Waals surface area contributed by atoms with Gasteiger partial charge in [0.25, 0.3) is 0 Å². The molecule has 122 valence electrons. The molecule has 1 amide bonds. The van der Waals surface area contributed by atoms with Crippen molar-refractivity contribution in [3.05, 3.63) is 35.9 Å². The SMILES string of the molecule is CC(COC1CCOC1)NC(=O)C(C)C(N)c1ccccc1. The van der Waals surface area contributed by atoms with Crippen molar-refractivity contribution in [1.82, 2.24) is 5.32 Å². The number of hydrogen-bond donors (Lipinski definition) is 2. The standard InChI is InChI=1S/C17H26N2O3/c1-12(10-22-15-8-9-21-11-15)19-17(20)13(2)16(18)14-6-4-3-5-7-14/h3-7,12-13,15-16H,8-11,18H2,1-2H3,(H,19,20). The number of nitrogens with one attached hydrogen (secondary N) is 1. The Morgan fingerprint density at radius 1 is 1.41 bits per heavy atom. The first-order valence-electron chi connectivity index (χ1n) is 7.88. The fourth-order valence-corrected chi connectivity index (χ4v) is 2.47. The van der Waals surface area contributed by atoms with Crippen molar-refractivity contribution < 1.29 is 14.3 Å². The Labute approximate surface area is 132 Å². The average molecular weight is 306 g/mol. The molecule has 0 aliphatic carbocycles. The predicted molar refractivity (Wildman–Crippen MR) is 85.3 cm³/mol. The van der Waals surface area contributed by atoms with E-state index in [1.54, 1.807) is 0 Å². The lowest BCUT2D eigenvalue weighted by Crippen LogP contribution is -2.42. The summed E-state index contributed by atoms with van der Waals surface area (Å²) in [5.74, 6) is -0.338. The molecule has 1 aromatic carbocycles. The second-order valence-electron chi connectivity index (χ2n) is 5.95. The Hall–Kier alpha value is -1.43. The van der Waals surface area contributed by atoms with E-state index < -0.39 is 0 Å². The minimum atomic E-state index is -0.308. The predicted octanol–water partition coefficient (Wildman–Crippen LogP) is 1.63. The molecule has 1 saturated heterocycles. The van der Waals surface area contributed by atoms with Gasteiger partial charge in [0.05, 0.1) is 25.2 Å². The van der Waals surface area contributed by atoms with E-state index in [4.69, 9.17) is 15.2 Å². The van der Waals surface area contributed by atoms with Gasteiger partial charge in [0, 0.05) is 18.7 Å². The van der Waals surface area contributed by atoms with Crippen molar-refractivity contribution in [3.63, 3.8) is 0 Å². The van der Waals surface area contributed by atoms with E-state index in [1.165, 1.54) is 0 Å². The van der Waals surface area contributed by atoms with Crippen LogP contribution < -0.4 is 11.1 Å².